The molecule has 0 fully saturated rings. The average Bonchev–Trinajstić information content (AvgIpc) is 2.89. The summed E-state index contributed by atoms with van der Waals surface area (Å²) in [6.45, 7) is 9.65. The summed E-state index contributed by atoms with van der Waals surface area (Å²) < 4.78 is 55.8. The summed E-state index contributed by atoms with van der Waals surface area (Å²) in [5.41, 5.74) is 1.14. The fourth-order valence-corrected chi connectivity index (χ4v) is 3.94. The number of allylic oxidation sites excluding steroid dienone is 3. The first-order valence-electron chi connectivity index (χ1n) is 12.5. The second-order valence-corrected chi connectivity index (χ2v) is 9.48. The highest BCUT2D eigenvalue weighted by Crippen LogP contribution is 2.35. The third-order valence-corrected chi connectivity index (χ3v) is 6.08. The number of halogens is 4. The topological polar surface area (TPSA) is 96.5 Å². The van der Waals surface area contributed by atoms with Gasteiger partial charge < -0.3 is 15.3 Å². The Morgan fingerprint density at radius 2 is 1.76 bits per heavy atom. The molecular formula is C30H30F4N6O. The summed E-state index contributed by atoms with van der Waals surface area (Å²) in [4.78, 5) is 25.1. The van der Waals surface area contributed by atoms with Gasteiger partial charge in [0.2, 0.25) is 0 Å². The van der Waals surface area contributed by atoms with Crippen LogP contribution in [0, 0.1) is 19.3 Å². The minimum absolute atomic E-state index is 0.0422. The number of aromatic nitrogens is 4. The summed E-state index contributed by atoms with van der Waals surface area (Å²) in [6.07, 6.45) is -0.700. The van der Waals surface area contributed by atoms with E-state index >= 15 is 0 Å². The van der Waals surface area contributed by atoms with Crippen molar-refractivity contribution in [1.82, 2.24) is 19.5 Å². The van der Waals surface area contributed by atoms with Gasteiger partial charge in [-0.15, -0.1) is 0 Å². The second kappa shape index (κ2) is 12.7. The minimum Gasteiger partial charge on any atom is -0.377 e. The number of nitrogens with one attached hydrogen (secondary N) is 2. The average molecular weight is 567 g/mol. The molecule has 0 aliphatic heterocycles. The number of alkyl halides is 3. The molecule has 41 heavy (non-hydrogen) atoms. The molecule has 0 aliphatic rings. The molecule has 0 bridgehead atoms. The summed E-state index contributed by atoms with van der Waals surface area (Å²) >= 11 is 0. The Hall–Kier alpha value is -4.67. The molecule has 0 saturated carbocycles. The van der Waals surface area contributed by atoms with E-state index in [9.17, 15) is 22.4 Å². The van der Waals surface area contributed by atoms with Crippen LogP contribution >= 0.6 is 0 Å². The van der Waals surface area contributed by atoms with Crippen LogP contribution in [0.4, 0.5) is 23.2 Å². The highest BCUT2D eigenvalue weighted by atomic mass is 19.4. The summed E-state index contributed by atoms with van der Waals surface area (Å²) in [6, 6.07) is 10.4. The van der Waals surface area contributed by atoms with Gasteiger partial charge in [0.25, 0.3) is 5.56 Å². The fourth-order valence-electron chi connectivity index (χ4n) is 3.94. The lowest BCUT2D eigenvalue weighted by atomic mass is 10.1. The van der Waals surface area contributed by atoms with Gasteiger partial charge in [-0.2, -0.15) is 13.2 Å². The molecule has 2 N–H and O–H groups in total. The lowest BCUT2D eigenvalue weighted by Crippen LogP contribution is -2.16. The van der Waals surface area contributed by atoms with Crippen molar-refractivity contribution >= 4 is 17.0 Å². The molecule has 0 aromatic carbocycles. The van der Waals surface area contributed by atoms with Gasteiger partial charge in [0.05, 0.1) is 11.4 Å². The van der Waals surface area contributed by atoms with Crippen LogP contribution < -0.4 is 10.9 Å². The Labute approximate surface area is 235 Å². The van der Waals surface area contributed by atoms with Crippen LogP contribution in [0.25, 0.3) is 16.8 Å². The Morgan fingerprint density at radius 3 is 2.34 bits per heavy atom. The fraction of sp³-hybridized carbons (Fsp3) is 0.233. The van der Waals surface area contributed by atoms with Crippen LogP contribution in [-0.2, 0) is 13.2 Å². The molecule has 3 aromatic heterocycles. The summed E-state index contributed by atoms with van der Waals surface area (Å²) in [5, 5.41) is 10.8. The van der Waals surface area contributed by atoms with Crippen molar-refractivity contribution in [2.45, 2.75) is 39.9 Å². The molecule has 3 heterocycles. The predicted octanol–water partition coefficient (Wildman–Crippen LogP) is 7.08. The van der Waals surface area contributed by atoms with Crippen molar-refractivity contribution in [2.24, 2.45) is 7.05 Å². The molecule has 3 rings (SSSR count). The highest BCUT2D eigenvalue weighted by Gasteiger charge is 2.36. The van der Waals surface area contributed by atoms with Gasteiger partial charge in [-0.3, -0.25) is 4.79 Å². The lowest BCUT2D eigenvalue weighted by molar-refractivity contribution is -0.140. The SMILES string of the molecule is C=C(F)/C=C(\C(C)=N)c1ncc(-c2ccc([C@@H](C)Nc3ccc(C)nc3C(F)(F)F)cc(C)ccc(=O)n2C)cn1. The van der Waals surface area contributed by atoms with Gasteiger partial charge in [-0.1, -0.05) is 30.3 Å². The zero-order valence-corrected chi connectivity index (χ0v) is 23.3. The van der Waals surface area contributed by atoms with E-state index in [2.05, 4.69) is 26.8 Å². The summed E-state index contributed by atoms with van der Waals surface area (Å²) in [7, 11) is 1.57. The first-order chi connectivity index (χ1) is 19.2. The third-order valence-electron chi connectivity index (χ3n) is 6.08. The van der Waals surface area contributed by atoms with E-state index in [0.29, 0.717) is 22.4 Å². The molecule has 0 unspecified atom stereocenters. The Bertz CT molecular complexity index is 1620. The predicted molar refractivity (Wildman–Crippen MR) is 153 cm³/mol. The monoisotopic (exact) mass is 566 g/mol. The van der Waals surface area contributed by atoms with Crippen LogP contribution in [0.2, 0.25) is 0 Å². The number of rotatable bonds is 7. The number of nitrogens with zero attached hydrogens (tertiary/aromatic N) is 4. The largest absolute Gasteiger partial charge is 0.435 e. The number of pyridine rings is 1. The second-order valence-electron chi connectivity index (χ2n) is 9.48. The Kier molecular flexibility index (Phi) is 9.54. The highest BCUT2D eigenvalue weighted by molar-refractivity contribution is 6.20. The minimum atomic E-state index is -4.64. The number of aryl methyl sites for hydroxylation is 2. The van der Waals surface area contributed by atoms with Crippen LogP contribution in [-0.4, -0.2) is 25.2 Å². The van der Waals surface area contributed by atoms with Gasteiger partial charge in [-0.05, 0) is 57.5 Å². The summed E-state index contributed by atoms with van der Waals surface area (Å²) in [5.74, 6) is -0.645. The van der Waals surface area contributed by atoms with Crippen molar-refractivity contribution in [1.29, 1.82) is 5.41 Å². The van der Waals surface area contributed by atoms with Crippen LogP contribution in [0.1, 0.15) is 48.2 Å². The van der Waals surface area contributed by atoms with Crippen molar-refractivity contribution in [3.63, 3.8) is 0 Å². The van der Waals surface area contributed by atoms with E-state index < -0.39 is 23.7 Å². The smallest absolute Gasteiger partial charge is 0.377 e. The van der Waals surface area contributed by atoms with Gasteiger partial charge in [0, 0.05) is 54.1 Å². The van der Waals surface area contributed by atoms with Gasteiger partial charge >= 0.3 is 6.18 Å². The maximum Gasteiger partial charge on any atom is 0.435 e. The molecule has 7 nitrogen and oxygen atoms in total. The number of hydrogen-bond donors (Lipinski definition) is 2. The molecule has 0 amide bonds. The molecule has 0 radical (unpaired) electrons. The van der Waals surface area contributed by atoms with E-state index in [1.54, 1.807) is 45.2 Å². The van der Waals surface area contributed by atoms with E-state index in [-0.39, 0.29) is 34.0 Å². The lowest BCUT2D eigenvalue weighted by Gasteiger charge is -2.19. The van der Waals surface area contributed by atoms with E-state index in [1.807, 2.05) is 0 Å². The van der Waals surface area contributed by atoms with Gasteiger partial charge in [-0.25, -0.2) is 19.3 Å². The Balaban J connectivity index is 2.14. The van der Waals surface area contributed by atoms with E-state index in [0.717, 1.165) is 6.08 Å². The number of anilines is 1. The quantitative estimate of drug-likeness (QED) is 0.181. The van der Waals surface area contributed by atoms with Gasteiger partial charge in [0.1, 0.15) is 5.83 Å². The molecule has 0 spiro atoms. The molecule has 11 heteroatoms. The Morgan fingerprint density at radius 1 is 1.10 bits per heavy atom. The first-order valence-corrected chi connectivity index (χ1v) is 12.5. The van der Waals surface area contributed by atoms with Crippen LogP contribution in [0.3, 0.4) is 0 Å². The van der Waals surface area contributed by atoms with Crippen molar-refractivity contribution in [2.75, 3.05) is 5.32 Å². The maximum atomic E-state index is 13.7. The first kappa shape index (κ1) is 30.9. The van der Waals surface area contributed by atoms with E-state index in [4.69, 9.17) is 5.41 Å². The number of hydrogen-bond acceptors (Lipinski definition) is 6. The normalized spacial score (nSPS) is 12.4. The molecule has 214 valence electrons. The standard InChI is InChI=1S/C30H30F4N6O/c1-17-7-12-27(41)40(6)26(23-15-36-29(37-16-23)24(20(4)35)14-18(2)31)11-9-22(13-17)21(5)39-25-10-8-19(3)38-28(25)30(32,33)34/h7-16,21,35,39H,2H2,1,3-6H3/b12-7?,17-13?,22-9?,24-14+,26-11?,35-20?/t21-/m1/s1. The molecule has 0 saturated heterocycles. The zero-order chi connectivity index (χ0) is 30.5. The van der Waals surface area contributed by atoms with Crippen molar-refractivity contribution in [3.05, 3.63) is 112 Å². The third kappa shape index (κ3) is 7.93. The van der Waals surface area contributed by atoms with Crippen LogP contribution in [0.15, 0.2) is 78.1 Å². The van der Waals surface area contributed by atoms with Gasteiger partial charge in [0.15, 0.2) is 11.5 Å². The van der Waals surface area contributed by atoms with Crippen LogP contribution in [0.5, 0.6) is 0 Å². The molecular weight excluding hydrogens is 536 g/mol. The van der Waals surface area contributed by atoms with E-state index in [1.165, 1.54) is 49.0 Å². The molecule has 0 aliphatic carbocycles. The molecule has 3 aromatic rings. The van der Waals surface area contributed by atoms with Crippen molar-refractivity contribution < 1.29 is 17.6 Å². The zero-order valence-electron chi connectivity index (χ0n) is 23.3. The maximum absolute atomic E-state index is 13.7. The molecule has 1 atom stereocenters. The van der Waals surface area contributed by atoms with Crippen molar-refractivity contribution in [3.8, 4) is 11.3 Å².